The highest BCUT2D eigenvalue weighted by molar-refractivity contribution is 6.60. The van der Waals surface area contributed by atoms with Gasteiger partial charge in [-0.3, -0.25) is 0 Å². The van der Waals surface area contributed by atoms with Gasteiger partial charge in [0.05, 0.1) is 24.4 Å². The van der Waals surface area contributed by atoms with Crippen LogP contribution in [0.3, 0.4) is 0 Å². The number of ether oxygens (including phenoxy) is 2. The van der Waals surface area contributed by atoms with Crippen molar-refractivity contribution in [2.24, 2.45) is 17.8 Å². The Kier molecular flexibility index (Phi) is 6.32. The summed E-state index contributed by atoms with van der Waals surface area (Å²) in [7, 11) is -2.69. The van der Waals surface area contributed by atoms with E-state index >= 15 is 0 Å². The lowest BCUT2D eigenvalue weighted by Gasteiger charge is -2.38. The number of epoxide rings is 2. The molecule has 6 heteroatoms. The van der Waals surface area contributed by atoms with Gasteiger partial charge < -0.3 is 22.8 Å². The van der Waals surface area contributed by atoms with Crippen molar-refractivity contribution in [3.63, 3.8) is 0 Å². The van der Waals surface area contributed by atoms with Crippen molar-refractivity contribution >= 4 is 8.80 Å². The summed E-state index contributed by atoms with van der Waals surface area (Å²) >= 11 is 0. The van der Waals surface area contributed by atoms with Gasteiger partial charge in [0.15, 0.2) is 0 Å². The second-order valence-electron chi connectivity index (χ2n) is 9.13. The van der Waals surface area contributed by atoms with Gasteiger partial charge in [-0.05, 0) is 77.0 Å². The second-order valence-corrected chi connectivity index (χ2v) is 11.7. The Morgan fingerprint density at radius 1 is 0.815 bits per heavy atom. The summed E-state index contributed by atoms with van der Waals surface area (Å²) in [5.41, 5.74) is 0. The summed E-state index contributed by atoms with van der Waals surface area (Å²) in [6.45, 7) is 10.0. The van der Waals surface area contributed by atoms with Crippen LogP contribution in [-0.4, -0.2) is 52.5 Å². The molecule has 2 saturated heterocycles. The van der Waals surface area contributed by atoms with Crippen LogP contribution in [0.15, 0.2) is 0 Å². The van der Waals surface area contributed by atoms with Gasteiger partial charge in [0, 0.05) is 25.4 Å². The summed E-state index contributed by atoms with van der Waals surface area (Å²) in [6.07, 6.45) is 9.48. The molecule has 5 nitrogen and oxygen atoms in total. The molecule has 0 spiro atoms. The average Bonchev–Trinajstić information content (AvgIpc) is 3.54. The van der Waals surface area contributed by atoms with E-state index in [1.54, 1.807) is 0 Å². The van der Waals surface area contributed by atoms with Crippen LogP contribution in [0.5, 0.6) is 0 Å². The van der Waals surface area contributed by atoms with Crippen molar-refractivity contribution in [1.82, 2.24) is 0 Å². The Balaban J connectivity index is 1.39. The molecule has 4 aliphatic rings. The van der Waals surface area contributed by atoms with Gasteiger partial charge in [-0.15, -0.1) is 0 Å². The first-order chi connectivity index (χ1) is 13.0. The molecule has 8 atom stereocenters. The zero-order valence-corrected chi connectivity index (χ0v) is 18.5. The predicted molar refractivity (Wildman–Crippen MR) is 106 cm³/mol. The SMILES string of the molecule is CCO[Si](CC(C)C1CCC2OC2C1)(OCC)OC(C)C1CCC2OC2C1. The molecular formula is C21H38O5Si. The highest BCUT2D eigenvalue weighted by Crippen LogP contribution is 2.45. The summed E-state index contributed by atoms with van der Waals surface area (Å²) in [4.78, 5) is 0. The number of hydrogen-bond acceptors (Lipinski definition) is 5. The van der Waals surface area contributed by atoms with Gasteiger partial charge >= 0.3 is 8.80 Å². The fourth-order valence-corrected chi connectivity index (χ4v) is 8.78. The zero-order valence-electron chi connectivity index (χ0n) is 17.5. The van der Waals surface area contributed by atoms with Gasteiger partial charge in [0.1, 0.15) is 0 Å². The minimum Gasteiger partial charge on any atom is -0.374 e. The topological polar surface area (TPSA) is 52.8 Å². The molecule has 8 unspecified atom stereocenters. The van der Waals surface area contributed by atoms with Crippen molar-refractivity contribution in [3.8, 4) is 0 Å². The molecule has 0 N–H and O–H groups in total. The van der Waals surface area contributed by atoms with Gasteiger partial charge in [0.2, 0.25) is 0 Å². The molecule has 0 aromatic carbocycles. The summed E-state index contributed by atoms with van der Waals surface area (Å²) in [5.74, 6) is 1.82. The fourth-order valence-electron chi connectivity index (χ4n) is 5.47. The largest absolute Gasteiger partial charge is 0.501 e. The van der Waals surface area contributed by atoms with E-state index in [2.05, 4.69) is 27.7 Å². The molecule has 0 radical (unpaired) electrons. The third-order valence-electron chi connectivity index (χ3n) is 7.22. The van der Waals surface area contributed by atoms with Crippen LogP contribution in [-0.2, 0) is 22.8 Å². The summed E-state index contributed by atoms with van der Waals surface area (Å²) < 4.78 is 30.8. The molecular weight excluding hydrogens is 360 g/mol. The number of fused-ring (bicyclic) bond motifs is 2. The highest BCUT2D eigenvalue weighted by Gasteiger charge is 2.51. The lowest BCUT2D eigenvalue weighted by Crippen LogP contribution is -2.51. The molecule has 0 aromatic heterocycles. The van der Waals surface area contributed by atoms with Gasteiger partial charge in [-0.1, -0.05) is 6.92 Å². The Morgan fingerprint density at radius 3 is 1.93 bits per heavy atom. The van der Waals surface area contributed by atoms with Crippen molar-refractivity contribution in [2.45, 2.75) is 103 Å². The molecule has 2 aliphatic heterocycles. The zero-order chi connectivity index (χ0) is 19.0. The Morgan fingerprint density at radius 2 is 1.37 bits per heavy atom. The third kappa shape index (κ3) is 4.78. The molecule has 0 bridgehead atoms. The van der Waals surface area contributed by atoms with Crippen LogP contribution >= 0.6 is 0 Å². The van der Waals surface area contributed by atoms with E-state index in [0.717, 1.165) is 12.5 Å². The van der Waals surface area contributed by atoms with E-state index in [0.29, 0.717) is 55.4 Å². The molecule has 4 fully saturated rings. The maximum Gasteiger partial charge on any atom is 0.501 e. The number of hydrogen-bond donors (Lipinski definition) is 0. The van der Waals surface area contributed by atoms with Crippen molar-refractivity contribution in [2.75, 3.05) is 13.2 Å². The van der Waals surface area contributed by atoms with Gasteiger partial charge in [0.25, 0.3) is 0 Å². The molecule has 27 heavy (non-hydrogen) atoms. The van der Waals surface area contributed by atoms with Crippen molar-refractivity contribution < 1.29 is 22.8 Å². The first-order valence-electron chi connectivity index (χ1n) is 11.3. The van der Waals surface area contributed by atoms with Crippen LogP contribution in [0.2, 0.25) is 6.04 Å². The second kappa shape index (κ2) is 8.40. The minimum atomic E-state index is -2.69. The third-order valence-corrected chi connectivity index (χ3v) is 10.6. The van der Waals surface area contributed by atoms with Crippen molar-refractivity contribution in [3.05, 3.63) is 0 Å². The van der Waals surface area contributed by atoms with E-state index in [1.807, 2.05) is 0 Å². The van der Waals surface area contributed by atoms with Crippen LogP contribution in [0.4, 0.5) is 0 Å². The molecule has 4 rings (SSSR count). The lowest BCUT2D eigenvalue weighted by atomic mass is 9.82. The van der Waals surface area contributed by atoms with E-state index in [4.69, 9.17) is 22.8 Å². The summed E-state index contributed by atoms with van der Waals surface area (Å²) in [5, 5.41) is 0. The van der Waals surface area contributed by atoms with Crippen LogP contribution < -0.4 is 0 Å². The lowest BCUT2D eigenvalue weighted by molar-refractivity contribution is 0.00642. The highest BCUT2D eigenvalue weighted by atomic mass is 28.4. The first kappa shape index (κ1) is 20.3. The molecule has 156 valence electrons. The molecule has 2 heterocycles. The Hall–Kier alpha value is 0.0169. The van der Waals surface area contributed by atoms with E-state index in [9.17, 15) is 0 Å². The van der Waals surface area contributed by atoms with E-state index < -0.39 is 8.80 Å². The fraction of sp³-hybridized carbons (Fsp3) is 1.00. The van der Waals surface area contributed by atoms with Crippen LogP contribution in [0.25, 0.3) is 0 Å². The van der Waals surface area contributed by atoms with Gasteiger partial charge in [-0.25, -0.2) is 0 Å². The van der Waals surface area contributed by atoms with Crippen LogP contribution in [0, 0.1) is 17.8 Å². The average molecular weight is 399 g/mol. The van der Waals surface area contributed by atoms with E-state index in [1.165, 1.54) is 32.1 Å². The molecule has 2 saturated carbocycles. The normalized spacial score (nSPS) is 40.0. The maximum absolute atomic E-state index is 6.73. The Labute approximate surface area is 165 Å². The van der Waals surface area contributed by atoms with Crippen molar-refractivity contribution in [1.29, 1.82) is 0 Å². The standard InChI is InChI=1S/C21H38O5Si/c1-5-22-27(23-6-2,13-14(3)16-7-9-18-20(11-16)24-18)26-15(4)17-8-10-19-21(12-17)25-19/h14-21H,5-13H2,1-4H3. The van der Waals surface area contributed by atoms with Gasteiger partial charge in [-0.2, -0.15) is 0 Å². The summed E-state index contributed by atoms with van der Waals surface area (Å²) in [6, 6.07) is 0.927. The predicted octanol–water partition coefficient (Wildman–Crippen LogP) is 4.17. The van der Waals surface area contributed by atoms with E-state index in [-0.39, 0.29) is 6.10 Å². The minimum absolute atomic E-state index is 0.176. The first-order valence-corrected chi connectivity index (χ1v) is 13.2. The molecule has 0 aromatic rings. The molecule has 0 amide bonds. The smallest absolute Gasteiger partial charge is 0.374 e. The number of rotatable bonds is 10. The maximum atomic E-state index is 6.73. The molecule has 2 aliphatic carbocycles. The monoisotopic (exact) mass is 398 g/mol. The van der Waals surface area contributed by atoms with Crippen LogP contribution in [0.1, 0.15) is 66.2 Å². The Bertz CT molecular complexity index is 459. The quantitative estimate of drug-likeness (QED) is 0.408.